The Bertz CT molecular complexity index is 276. The van der Waals surface area contributed by atoms with Crippen molar-refractivity contribution in [3.8, 4) is 0 Å². The summed E-state index contributed by atoms with van der Waals surface area (Å²) in [7, 11) is 0. The Kier molecular flexibility index (Phi) is 2.66. The fourth-order valence-electron chi connectivity index (χ4n) is 3.55. The molecular formula is C13H22N2O. The number of carbonyl (C=O) groups is 1. The molecule has 1 amide bonds. The molecule has 0 aliphatic heterocycles. The number of hydrogen-bond acceptors (Lipinski definition) is 2. The molecule has 0 aromatic carbocycles. The molecule has 0 radical (unpaired) electrons. The molecule has 2 N–H and O–H groups in total. The molecule has 2 atom stereocenters. The van der Waals surface area contributed by atoms with E-state index in [1.807, 2.05) is 0 Å². The van der Waals surface area contributed by atoms with Crippen molar-refractivity contribution in [2.75, 3.05) is 13.1 Å². The van der Waals surface area contributed by atoms with Crippen LogP contribution in [-0.2, 0) is 4.79 Å². The Morgan fingerprint density at radius 3 is 2.25 bits per heavy atom. The summed E-state index contributed by atoms with van der Waals surface area (Å²) in [5.41, 5.74) is 5.61. The summed E-state index contributed by atoms with van der Waals surface area (Å²) in [5, 5.41) is 0. The second-order valence-electron chi connectivity index (χ2n) is 5.69. The van der Waals surface area contributed by atoms with Crippen LogP contribution in [0.4, 0.5) is 0 Å². The first kappa shape index (κ1) is 10.6. The Labute approximate surface area is 97.4 Å². The highest BCUT2D eigenvalue weighted by molar-refractivity contribution is 5.83. The van der Waals surface area contributed by atoms with Crippen LogP contribution < -0.4 is 5.73 Å². The molecular weight excluding hydrogens is 200 g/mol. The first-order chi connectivity index (χ1) is 7.83. The van der Waals surface area contributed by atoms with Gasteiger partial charge in [0, 0.05) is 25.0 Å². The van der Waals surface area contributed by atoms with E-state index in [4.69, 9.17) is 5.73 Å². The smallest absolute Gasteiger partial charge is 0.226 e. The van der Waals surface area contributed by atoms with E-state index in [9.17, 15) is 4.79 Å². The van der Waals surface area contributed by atoms with Crippen molar-refractivity contribution >= 4 is 5.91 Å². The van der Waals surface area contributed by atoms with E-state index in [1.54, 1.807) is 0 Å². The number of hydrogen-bond donors (Lipinski definition) is 1. The van der Waals surface area contributed by atoms with Crippen LogP contribution in [0.1, 0.15) is 38.5 Å². The number of carbonyl (C=O) groups excluding carboxylic acids is 1. The lowest BCUT2D eigenvalue weighted by atomic mass is 10.0. The average molecular weight is 222 g/mol. The molecule has 3 aliphatic rings. The molecule has 3 nitrogen and oxygen atoms in total. The zero-order valence-corrected chi connectivity index (χ0v) is 9.90. The van der Waals surface area contributed by atoms with E-state index >= 15 is 0 Å². The number of nitrogens with two attached hydrogens (primary N) is 1. The SMILES string of the molecule is NCCN(C(=O)C1C2CCCCC21)C1CC1. The second-order valence-corrected chi connectivity index (χ2v) is 5.69. The van der Waals surface area contributed by atoms with Crippen molar-refractivity contribution in [2.45, 2.75) is 44.6 Å². The highest BCUT2D eigenvalue weighted by Crippen LogP contribution is 2.56. The fraction of sp³-hybridized carbons (Fsp3) is 0.923. The standard InChI is InChI=1S/C13H22N2O/c14-7-8-15(9-5-6-9)13(16)12-10-3-1-2-4-11(10)12/h9-12H,1-8,14H2. The van der Waals surface area contributed by atoms with Gasteiger partial charge in [-0.2, -0.15) is 0 Å². The molecule has 0 aromatic rings. The van der Waals surface area contributed by atoms with Gasteiger partial charge in [-0.15, -0.1) is 0 Å². The van der Waals surface area contributed by atoms with Crippen LogP contribution in [0.3, 0.4) is 0 Å². The maximum absolute atomic E-state index is 12.4. The van der Waals surface area contributed by atoms with E-state index in [0.717, 1.165) is 18.4 Å². The van der Waals surface area contributed by atoms with Gasteiger partial charge in [0.2, 0.25) is 5.91 Å². The molecule has 2 unspecified atom stereocenters. The van der Waals surface area contributed by atoms with Crippen LogP contribution in [0.2, 0.25) is 0 Å². The molecule has 0 saturated heterocycles. The van der Waals surface area contributed by atoms with E-state index in [-0.39, 0.29) is 0 Å². The van der Waals surface area contributed by atoms with Crippen molar-refractivity contribution < 1.29 is 4.79 Å². The highest BCUT2D eigenvalue weighted by atomic mass is 16.2. The predicted octanol–water partition coefficient (Wildman–Crippen LogP) is 1.37. The van der Waals surface area contributed by atoms with Crippen molar-refractivity contribution in [1.29, 1.82) is 0 Å². The molecule has 0 spiro atoms. The van der Waals surface area contributed by atoms with Crippen molar-refractivity contribution in [1.82, 2.24) is 4.90 Å². The van der Waals surface area contributed by atoms with Gasteiger partial charge in [-0.25, -0.2) is 0 Å². The summed E-state index contributed by atoms with van der Waals surface area (Å²) < 4.78 is 0. The van der Waals surface area contributed by atoms with Gasteiger partial charge in [-0.3, -0.25) is 4.79 Å². The first-order valence-corrected chi connectivity index (χ1v) is 6.83. The Balaban J connectivity index is 1.63. The van der Waals surface area contributed by atoms with Gasteiger partial charge in [-0.05, 0) is 37.5 Å². The van der Waals surface area contributed by atoms with Crippen molar-refractivity contribution in [3.05, 3.63) is 0 Å². The summed E-state index contributed by atoms with van der Waals surface area (Å²) in [6.07, 6.45) is 7.67. The maximum Gasteiger partial charge on any atom is 0.226 e. The largest absolute Gasteiger partial charge is 0.338 e. The van der Waals surface area contributed by atoms with E-state index in [1.165, 1.54) is 38.5 Å². The molecule has 0 aromatic heterocycles. The van der Waals surface area contributed by atoms with Crippen LogP contribution in [0.25, 0.3) is 0 Å². The number of rotatable bonds is 4. The van der Waals surface area contributed by atoms with Gasteiger partial charge in [0.1, 0.15) is 0 Å². The van der Waals surface area contributed by atoms with E-state index in [0.29, 0.717) is 24.4 Å². The van der Waals surface area contributed by atoms with Gasteiger partial charge in [-0.1, -0.05) is 12.8 Å². The predicted molar refractivity (Wildman–Crippen MR) is 62.7 cm³/mol. The van der Waals surface area contributed by atoms with Crippen LogP contribution >= 0.6 is 0 Å². The van der Waals surface area contributed by atoms with E-state index in [2.05, 4.69) is 4.90 Å². The lowest BCUT2D eigenvalue weighted by Gasteiger charge is -2.21. The van der Waals surface area contributed by atoms with Crippen molar-refractivity contribution in [2.24, 2.45) is 23.5 Å². The molecule has 3 heteroatoms. The summed E-state index contributed by atoms with van der Waals surface area (Å²) in [6, 6.07) is 0.540. The van der Waals surface area contributed by atoms with Crippen molar-refractivity contribution in [3.63, 3.8) is 0 Å². The van der Waals surface area contributed by atoms with Crippen LogP contribution in [-0.4, -0.2) is 29.9 Å². The Morgan fingerprint density at radius 2 is 1.75 bits per heavy atom. The summed E-state index contributed by atoms with van der Waals surface area (Å²) in [5.74, 6) is 2.29. The van der Waals surface area contributed by atoms with Gasteiger partial charge >= 0.3 is 0 Å². The zero-order chi connectivity index (χ0) is 11.1. The van der Waals surface area contributed by atoms with E-state index < -0.39 is 0 Å². The van der Waals surface area contributed by atoms with Gasteiger partial charge < -0.3 is 10.6 Å². The number of fused-ring (bicyclic) bond motifs is 1. The third-order valence-electron chi connectivity index (χ3n) is 4.58. The monoisotopic (exact) mass is 222 g/mol. The maximum atomic E-state index is 12.4. The summed E-state index contributed by atoms with van der Waals surface area (Å²) in [4.78, 5) is 14.5. The summed E-state index contributed by atoms with van der Waals surface area (Å²) in [6.45, 7) is 1.39. The molecule has 16 heavy (non-hydrogen) atoms. The number of amides is 1. The molecule has 3 rings (SSSR count). The van der Waals surface area contributed by atoms with Crippen LogP contribution in [0.5, 0.6) is 0 Å². The minimum Gasteiger partial charge on any atom is -0.338 e. The molecule has 3 fully saturated rings. The van der Waals surface area contributed by atoms with Gasteiger partial charge in [0.25, 0.3) is 0 Å². The molecule has 0 heterocycles. The quantitative estimate of drug-likeness (QED) is 0.781. The minimum atomic E-state index is 0.384. The Hall–Kier alpha value is -0.570. The summed E-state index contributed by atoms with van der Waals surface area (Å²) >= 11 is 0. The average Bonchev–Trinajstić information content (AvgIpc) is 3.17. The van der Waals surface area contributed by atoms with Crippen LogP contribution in [0, 0.1) is 17.8 Å². The molecule has 90 valence electrons. The lowest BCUT2D eigenvalue weighted by Crippen LogP contribution is -2.38. The minimum absolute atomic E-state index is 0.384. The lowest BCUT2D eigenvalue weighted by molar-refractivity contribution is -0.133. The molecule has 3 saturated carbocycles. The topological polar surface area (TPSA) is 46.3 Å². The first-order valence-electron chi connectivity index (χ1n) is 6.83. The second kappa shape index (κ2) is 4.02. The third kappa shape index (κ3) is 1.75. The van der Waals surface area contributed by atoms with Crippen LogP contribution in [0.15, 0.2) is 0 Å². The van der Waals surface area contributed by atoms with Gasteiger partial charge in [0.05, 0.1) is 0 Å². The number of nitrogens with zero attached hydrogens (tertiary/aromatic N) is 1. The Morgan fingerprint density at radius 1 is 1.12 bits per heavy atom. The molecule has 3 aliphatic carbocycles. The zero-order valence-electron chi connectivity index (χ0n) is 9.90. The third-order valence-corrected chi connectivity index (χ3v) is 4.58. The highest BCUT2D eigenvalue weighted by Gasteiger charge is 2.56. The van der Waals surface area contributed by atoms with Gasteiger partial charge in [0.15, 0.2) is 0 Å². The fourth-order valence-corrected chi connectivity index (χ4v) is 3.55. The molecule has 0 bridgehead atoms. The normalized spacial score (nSPS) is 36.7.